The van der Waals surface area contributed by atoms with Crippen LogP contribution in [0.3, 0.4) is 0 Å². The van der Waals surface area contributed by atoms with Gasteiger partial charge in [-0.2, -0.15) is 0 Å². The first-order valence-electron chi connectivity index (χ1n) is 8.30. The minimum absolute atomic E-state index is 0.192. The van der Waals surface area contributed by atoms with Crippen LogP contribution < -0.4 is 5.32 Å². The van der Waals surface area contributed by atoms with Crippen molar-refractivity contribution in [1.29, 1.82) is 0 Å². The van der Waals surface area contributed by atoms with Crippen LogP contribution in [0.5, 0.6) is 0 Å². The lowest BCUT2D eigenvalue weighted by atomic mass is 9.97. The number of nitrogens with zero attached hydrogens (tertiary/aromatic N) is 1. The zero-order valence-corrected chi connectivity index (χ0v) is 13.1. The number of hydrogen-bond donors (Lipinski definition) is 1. The van der Waals surface area contributed by atoms with Crippen LogP contribution in [0.2, 0.25) is 0 Å². The number of rotatable bonds is 3. The fourth-order valence-corrected chi connectivity index (χ4v) is 3.49. The van der Waals surface area contributed by atoms with Crippen molar-refractivity contribution in [3.8, 4) is 0 Å². The maximum absolute atomic E-state index is 12.2. The first kappa shape index (κ1) is 15.8. The molecule has 1 heterocycles. The molecule has 2 atom stereocenters. The maximum Gasteiger partial charge on any atom is 0.234 e. The Morgan fingerprint density at radius 3 is 2.20 bits per heavy atom. The topological polar surface area (TPSA) is 41.6 Å². The van der Waals surface area contributed by atoms with E-state index in [1.54, 1.807) is 0 Å². The summed E-state index contributed by atoms with van der Waals surface area (Å²) < 4.78 is 5.70. The van der Waals surface area contributed by atoms with E-state index in [2.05, 4.69) is 24.1 Å². The molecule has 1 aliphatic heterocycles. The van der Waals surface area contributed by atoms with Crippen molar-refractivity contribution >= 4 is 5.91 Å². The van der Waals surface area contributed by atoms with E-state index in [0.717, 1.165) is 25.9 Å². The predicted molar refractivity (Wildman–Crippen MR) is 80.7 cm³/mol. The summed E-state index contributed by atoms with van der Waals surface area (Å²) in [6.45, 7) is 6.41. The van der Waals surface area contributed by atoms with Crippen LogP contribution in [0.4, 0.5) is 0 Å². The second-order valence-corrected chi connectivity index (χ2v) is 6.56. The van der Waals surface area contributed by atoms with E-state index in [-0.39, 0.29) is 18.1 Å². The van der Waals surface area contributed by atoms with Gasteiger partial charge in [-0.05, 0) is 26.7 Å². The summed E-state index contributed by atoms with van der Waals surface area (Å²) in [7, 11) is 0. The van der Waals surface area contributed by atoms with Crippen LogP contribution in [0.15, 0.2) is 0 Å². The molecule has 2 aliphatic rings. The van der Waals surface area contributed by atoms with E-state index in [1.807, 2.05) is 0 Å². The standard InChI is InChI=1S/C16H30N2O2/c1-13-10-18(11-14(2)20-13)12-16(19)17-15-8-6-4-3-5-7-9-15/h13-15H,3-12H2,1-2H3,(H,17,19)/t13-,14-/m0/s1. The summed E-state index contributed by atoms with van der Waals surface area (Å²) in [6, 6.07) is 0.402. The Labute approximate surface area is 123 Å². The Bertz CT molecular complexity index is 291. The van der Waals surface area contributed by atoms with Crippen LogP contribution in [0.1, 0.15) is 58.8 Å². The maximum atomic E-state index is 12.2. The number of nitrogens with one attached hydrogen (secondary N) is 1. The molecule has 4 nitrogen and oxygen atoms in total. The summed E-state index contributed by atoms with van der Waals surface area (Å²) in [6.07, 6.45) is 9.30. The number of ether oxygens (including phenoxy) is 1. The number of carbonyl (C=O) groups excluding carboxylic acids is 1. The van der Waals surface area contributed by atoms with Crippen molar-refractivity contribution in [2.24, 2.45) is 0 Å². The van der Waals surface area contributed by atoms with Crippen LogP contribution in [0.25, 0.3) is 0 Å². The third-order valence-corrected chi connectivity index (χ3v) is 4.33. The molecule has 4 heteroatoms. The highest BCUT2D eigenvalue weighted by Gasteiger charge is 2.24. The van der Waals surface area contributed by atoms with Gasteiger partial charge < -0.3 is 10.1 Å². The van der Waals surface area contributed by atoms with Gasteiger partial charge in [-0.1, -0.05) is 32.1 Å². The Morgan fingerprint density at radius 1 is 1.05 bits per heavy atom. The van der Waals surface area contributed by atoms with Crippen molar-refractivity contribution in [2.45, 2.75) is 77.0 Å². The molecule has 1 N–H and O–H groups in total. The highest BCUT2D eigenvalue weighted by atomic mass is 16.5. The Balaban J connectivity index is 1.73. The summed E-state index contributed by atoms with van der Waals surface area (Å²) in [5.74, 6) is 0.192. The molecule has 0 spiro atoms. The summed E-state index contributed by atoms with van der Waals surface area (Å²) in [5.41, 5.74) is 0. The fraction of sp³-hybridized carbons (Fsp3) is 0.938. The van der Waals surface area contributed by atoms with Crippen molar-refractivity contribution in [1.82, 2.24) is 10.2 Å². The van der Waals surface area contributed by atoms with E-state index in [9.17, 15) is 4.79 Å². The zero-order valence-electron chi connectivity index (χ0n) is 13.1. The highest BCUT2D eigenvalue weighted by Crippen LogP contribution is 2.17. The second kappa shape index (κ2) is 7.99. The normalized spacial score (nSPS) is 30.5. The molecule has 2 rings (SSSR count). The molecule has 2 fully saturated rings. The van der Waals surface area contributed by atoms with E-state index < -0.39 is 0 Å². The first-order chi connectivity index (χ1) is 9.63. The highest BCUT2D eigenvalue weighted by molar-refractivity contribution is 5.78. The lowest BCUT2D eigenvalue weighted by molar-refractivity contribution is -0.126. The summed E-state index contributed by atoms with van der Waals surface area (Å²) >= 11 is 0. The summed E-state index contributed by atoms with van der Waals surface area (Å²) in [5, 5.41) is 3.24. The van der Waals surface area contributed by atoms with Gasteiger partial charge in [0.1, 0.15) is 0 Å². The predicted octanol–water partition coefficient (Wildman–Crippen LogP) is 2.32. The lowest BCUT2D eigenvalue weighted by Crippen LogP contribution is -2.50. The number of morpholine rings is 1. The minimum Gasteiger partial charge on any atom is -0.373 e. The quantitative estimate of drug-likeness (QED) is 0.864. The van der Waals surface area contributed by atoms with Crippen molar-refractivity contribution < 1.29 is 9.53 Å². The van der Waals surface area contributed by atoms with E-state index >= 15 is 0 Å². The smallest absolute Gasteiger partial charge is 0.234 e. The minimum atomic E-state index is 0.192. The largest absolute Gasteiger partial charge is 0.373 e. The second-order valence-electron chi connectivity index (χ2n) is 6.56. The monoisotopic (exact) mass is 282 g/mol. The molecule has 20 heavy (non-hydrogen) atoms. The van der Waals surface area contributed by atoms with Gasteiger partial charge in [0.05, 0.1) is 18.8 Å². The number of carbonyl (C=O) groups is 1. The van der Waals surface area contributed by atoms with Gasteiger partial charge in [-0.25, -0.2) is 0 Å². The van der Waals surface area contributed by atoms with Gasteiger partial charge in [0.15, 0.2) is 0 Å². The van der Waals surface area contributed by atoms with Gasteiger partial charge in [0.2, 0.25) is 5.91 Å². The van der Waals surface area contributed by atoms with Crippen LogP contribution in [0, 0.1) is 0 Å². The molecular weight excluding hydrogens is 252 g/mol. The molecule has 0 radical (unpaired) electrons. The van der Waals surface area contributed by atoms with Gasteiger partial charge in [0, 0.05) is 19.1 Å². The Hall–Kier alpha value is -0.610. The molecule has 0 aromatic carbocycles. The molecule has 1 saturated carbocycles. The van der Waals surface area contributed by atoms with Crippen LogP contribution in [-0.2, 0) is 9.53 Å². The van der Waals surface area contributed by atoms with Gasteiger partial charge in [-0.15, -0.1) is 0 Å². The zero-order chi connectivity index (χ0) is 14.4. The molecule has 116 valence electrons. The van der Waals surface area contributed by atoms with Gasteiger partial charge >= 0.3 is 0 Å². The average Bonchev–Trinajstić information content (AvgIpc) is 2.31. The van der Waals surface area contributed by atoms with Gasteiger partial charge in [0.25, 0.3) is 0 Å². The molecular formula is C16H30N2O2. The van der Waals surface area contributed by atoms with Crippen molar-refractivity contribution in [2.75, 3.05) is 19.6 Å². The van der Waals surface area contributed by atoms with Crippen molar-refractivity contribution in [3.05, 3.63) is 0 Å². The summed E-state index contributed by atoms with van der Waals surface area (Å²) in [4.78, 5) is 14.4. The Kier molecular flexibility index (Phi) is 6.30. The van der Waals surface area contributed by atoms with E-state index in [4.69, 9.17) is 4.74 Å². The molecule has 0 aromatic heterocycles. The molecule has 1 amide bonds. The SMILES string of the molecule is C[C@H]1CN(CC(=O)NC2CCCCCCC2)C[C@H](C)O1. The number of amides is 1. The fourth-order valence-electron chi connectivity index (χ4n) is 3.49. The molecule has 0 unspecified atom stereocenters. The molecule has 0 aromatic rings. The third kappa shape index (κ3) is 5.41. The molecule has 1 saturated heterocycles. The molecule has 1 aliphatic carbocycles. The van der Waals surface area contributed by atoms with E-state index in [1.165, 1.54) is 32.1 Å². The number of hydrogen-bond acceptors (Lipinski definition) is 3. The van der Waals surface area contributed by atoms with Crippen LogP contribution >= 0.6 is 0 Å². The van der Waals surface area contributed by atoms with Crippen molar-refractivity contribution in [3.63, 3.8) is 0 Å². The lowest BCUT2D eigenvalue weighted by Gasteiger charge is -2.35. The van der Waals surface area contributed by atoms with Crippen LogP contribution in [-0.4, -0.2) is 48.7 Å². The van der Waals surface area contributed by atoms with E-state index in [0.29, 0.717) is 12.6 Å². The third-order valence-electron chi connectivity index (χ3n) is 4.33. The molecule has 0 bridgehead atoms. The van der Waals surface area contributed by atoms with Gasteiger partial charge in [-0.3, -0.25) is 9.69 Å². The Morgan fingerprint density at radius 2 is 1.60 bits per heavy atom. The average molecular weight is 282 g/mol. The first-order valence-corrected chi connectivity index (χ1v) is 8.30.